The number of carbonyl (C=O) groups excluding carboxylic acids is 2. The predicted octanol–water partition coefficient (Wildman–Crippen LogP) is 6.72. The van der Waals surface area contributed by atoms with E-state index in [1.54, 1.807) is 0 Å². The van der Waals surface area contributed by atoms with Crippen LogP contribution in [0.5, 0.6) is 0 Å². The summed E-state index contributed by atoms with van der Waals surface area (Å²) in [6.07, 6.45) is 19.3. The first-order chi connectivity index (χ1) is 15.4. The molecule has 0 heterocycles. The molecule has 0 amide bonds. The van der Waals surface area contributed by atoms with Crippen LogP contribution in [0.15, 0.2) is 0 Å². The SMILES string of the molecule is CCCCCCCCCCCCCCCCCCOC(C(C)OC(=O)CC(C)=O)S(=O)O. The zero-order valence-corrected chi connectivity index (χ0v) is 21.6. The van der Waals surface area contributed by atoms with Crippen LogP contribution in [-0.4, -0.2) is 38.7 Å². The molecular weight excluding hydrogens is 428 g/mol. The second-order valence-electron chi connectivity index (χ2n) is 8.89. The summed E-state index contributed by atoms with van der Waals surface area (Å²) in [5, 5.41) is 0. The fourth-order valence-electron chi connectivity index (χ4n) is 3.72. The zero-order valence-electron chi connectivity index (χ0n) is 20.8. The largest absolute Gasteiger partial charge is 0.458 e. The van der Waals surface area contributed by atoms with Gasteiger partial charge in [-0.2, -0.15) is 0 Å². The Balaban J connectivity index is 3.58. The lowest BCUT2D eigenvalue weighted by atomic mass is 10.0. The third-order valence-corrected chi connectivity index (χ3v) is 6.49. The van der Waals surface area contributed by atoms with Gasteiger partial charge in [0.1, 0.15) is 18.3 Å². The Morgan fingerprint density at radius 1 is 0.781 bits per heavy atom. The quantitative estimate of drug-likeness (QED) is 0.0761. The highest BCUT2D eigenvalue weighted by molar-refractivity contribution is 7.79. The van der Waals surface area contributed by atoms with Crippen molar-refractivity contribution in [2.45, 2.75) is 141 Å². The molecule has 0 saturated heterocycles. The van der Waals surface area contributed by atoms with Crippen molar-refractivity contribution in [1.29, 1.82) is 0 Å². The van der Waals surface area contributed by atoms with Crippen LogP contribution in [-0.2, 0) is 30.1 Å². The summed E-state index contributed by atoms with van der Waals surface area (Å²) < 4.78 is 31.4. The van der Waals surface area contributed by atoms with Gasteiger partial charge in [0.2, 0.25) is 0 Å². The van der Waals surface area contributed by atoms with Gasteiger partial charge in [0.05, 0.1) is 0 Å². The van der Waals surface area contributed by atoms with Crippen LogP contribution in [0.25, 0.3) is 0 Å². The Bertz CT molecular complexity index is 497. The van der Waals surface area contributed by atoms with Crippen LogP contribution in [0.4, 0.5) is 0 Å². The van der Waals surface area contributed by atoms with E-state index in [4.69, 9.17) is 9.47 Å². The molecule has 7 heteroatoms. The minimum Gasteiger partial charge on any atom is -0.458 e. The van der Waals surface area contributed by atoms with Crippen molar-refractivity contribution in [3.05, 3.63) is 0 Å². The summed E-state index contributed by atoms with van der Waals surface area (Å²) in [5.74, 6) is -1.01. The second-order valence-corrected chi connectivity index (χ2v) is 9.91. The summed E-state index contributed by atoms with van der Waals surface area (Å²) >= 11 is -2.27. The first kappa shape index (κ1) is 31.2. The number of ether oxygens (including phenoxy) is 2. The lowest BCUT2D eigenvalue weighted by Gasteiger charge is -2.21. The van der Waals surface area contributed by atoms with E-state index < -0.39 is 28.6 Å². The second kappa shape index (κ2) is 22.0. The van der Waals surface area contributed by atoms with E-state index in [2.05, 4.69) is 6.92 Å². The number of ketones is 1. The molecule has 0 rings (SSSR count). The number of Topliss-reactive ketones (excluding diaryl/α,β-unsaturated/α-hetero) is 1. The van der Waals surface area contributed by atoms with Crippen LogP contribution >= 0.6 is 0 Å². The lowest BCUT2D eigenvalue weighted by molar-refractivity contribution is -0.153. The van der Waals surface area contributed by atoms with Gasteiger partial charge in [-0.15, -0.1) is 0 Å². The van der Waals surface area contributed by atoms with Gasteiger partial charge >= 0.3 is 5.97 Å². The van der Waals surface area contributed by atoms with E-state index >= 15 is 0 Å². The van der Waals surface area contributed by atoms with Gasteiger partial charge in [0.25, 0.3) is 0 Å². The Labute approximate surface area is 198 Å². The molecule has 190 valence electrons. The van der Waals surface area contributed by atoms with E-state index in [9.17, 15) is 18.4 Å². The highest BCUT2D eigenvalue weighted by atomic mass is 32.2. The topological polar surface area (TPSA) is 89.9 Å². The average molecular weight is 477 g/mol. The van der Waals surface area contributed by atoms with E-state index in [0.717, 1.165) is 19.3 Å². The van der Waals surface area contributed by atoms with Gasteiger partial charge in [-0.1, -0.05) is 103 Å². The molecule has 0 fully saturated rings. The normalized spacial score (nSPS) is 14.1. The minimum atomic E-state index is -2.27. The summed E-state index contributed by atoms with van der Waals surface area (Å²) in [5.41, 5.74) is -1.10. The van der Waals surface area contributed by atoms with Crippen LogP contribution in [0.3, 0.4) is 0 Å². The summed E-state index contributed by atoms with van der Waals surface area (Å²) in [6.45, 7) is 5.41. The van der Waals surface area contributed by atoms with Gasteiger partial charge < -0.3 is 14.0 Å². The number of rotatable bonds is 23. The highest BCUT2D eigenvalue weighted by Gasteiger charge is 2.27. The smallest absolute Gasteiger partial charge is 0.313 e. The Kier molecular flexibility index (Phi) is 21.5. The summed E-state index contributed by atoms with van der Waals surface area (Å²) in [6, 6.07) is 0. The maximum absolute atomic E-state index is 11.5. The molecule has 0 radical (unpaired) electrons. The zero-order chi connectivity index (χ0) is 24.0. The molecule has 6 nitrogen and oxygen atoms in total. The number of esters is 1. The van der Waals surface area contributed by atoms with Crippen molar-refractivity contribution in [3.8, 4) is 0 Å². The number of unbranched alkanes of at least 4 members (excludes halogenated alkanes) is 15. The molecule has 1 N–H and O–H groups in total. The van der Waals surface area contributed by atoms with E-state index in [1.165, 1.54) is 97.3 Å². The molecule has 0 aliphatic rings. The van der Waals surface area contributed by atoms with E-state index in [0.29, 0.717) is 6.61 Å². The number of carbonyl (C=O) groups is 2. The molecule has 0 saturated carbocycles. The molecule has 0 aliphatic carbocycles. The molecule has 3 unspecified atom stereocenters. The molecule has 0 aromatic rings. The fourth-order valence-corrected chi connectivity index (χ4v) is 4.31. The lowest BCUT2D eigenvalue weighted by Crippen LogP contribution is -2.35. The monoisotopic (exact) mass is 476 g/mol. The van der Waals surface area contributed by atoms with Gasteiger partial charge in [-0.05, 0) is 20.3 Å². The first-order valence-corrected chi connectivity index (χ1v) is 14.0. The summed E-state index contributed by atoms with van der Waals surface area (Å²) in [7, 11) is 0. The first-order valence-electron chi connectivity index (χ1n) is 12.8. The van der Waals surface area contributed by atoms with Crippen LogP contribution < -0.4 is 0 Å². The third kappa shape index (κ3) is 19.9. The Morgan fingerprint density at radius 2 is 1.19 bits per heavy atom. The van der Waals surface area contributed by atoms with E-state index in [1.807, 2.05) is 0 Å². The molecular formula is C25H48O6S. The maximum Gasteiger partial charge on any atom is 0.313 e. The molecule has 0 aromatic heterocycles. The van der Waals surface area contributed by atoms with Crippen molar-refractivity contribution < 1.29 is 27.8 Å². The van der Waals surface area contributed by atoms with Crippen LogP contribution in [0.1, 0.15) is 130 Å². The number of hydrogen-bond acceptors (Lipinski definition) is 5. The van der Waals surface area contributed by atoms with Crippen molar-refractivity contribution >= 4 is 22.8 Å². The average Bonchev–Trinajstić information content (AvgIpc) is 2.71. The Hall–Kier alpha value is -0.790. The van der Waals surface area contributed by atoms with Crippen LogP contribution in [0, 0.1) is 0 Å². The number of hydrogen-bond donors (Lipinski definition) is 1. The summed E-state index contributed by atoms with van der Waals surface area (Å²) in [4.78, 5) is 22.5. The van der Waals surface area contributed by atoms with Crippen molar-refractivity contribution in [2.24, 2.45) is 0 Å². The van der Waals surface area contributed by atoms with Crippen molar-refractivity contribution in [1.82, 2.24) is 0 Å². The predicted molar refractivity (Wildman–Crippen MR) is 131 cm³/mol. The van der Waals surface area contributed by atoms with Crippen molar-refractivity contribution in [2.75, 3.05) is 6.61 Å². The van der Waals surface area contributed by atoms with Gasteiger partial charge in [0.15, 0.2) is 16.5 Å². The van der Waals surface area contributed by atoms with Gasteiger partial charge in [-0.3, -0.25) is 9.59 Å². The van der Waals surface area contributed by atoms with Gasteiger partial charge in [0, 0.05) is 6.61 Å². The minimum absolute atomic E-state index is 0.307. The maximum atomic E-state index is 11.5. The highest BCUT2D eigenvalue weighted by Crippen LogP contribution is 2.14. The molecule has 0 aliphatic heterocycles. The molecule has 32 heavy (non-hydrogen) atoms. The Morgan fingerprint density at radius 3 is 1.56 bits per heavy atom. The van der Waals surface area contributed by atoms with Crippen LogP contribution in [0.2, 0.25) is 0 Å². The molecule has 0 aromatic carbocycles. The molecule has 0 spiro atoms. The molecule has 0 bridgehead atoms. The van der Waals surface area contributed by atoms with Crippen molar-refractivity contribution in [3.63, 3.8) is 0 Å². The van der Waals surface area contributed by atoms with Gasteiger partial charge in [-0.25, -0.2) is 4.21 Å². The fraction of sp³-hybridized carbons (Fsp3) is 0.920. The third-order valence-electron chi connectivity index (χ3n) is 5.57. The van der Waals surface area contributed by atoms with E-state index in [-0.39, 0.29) is 12.2 Å². The molecule has 3 atom stereocenters. The standard InChI is InChI=1S/C25H48O6S/c1-4-5-6-7-8-9-10-11-12-13-14-15-16-17-18-19-20-30-25(32(28)29)23(3)31-24(27)21-22(2)26/h23,25H,4-21H2,1-3H3,(H,28,29).